The van der Waals surface area contributed by atoms with E-state index in [0.717, 1.165) is 12.8 Å². The normalized spacial score (nSPS) is 23.2. The third-order valence-electron chi connectivity index (χ3n) is 3.71. The number of amides is 2. The zero-order chi connectivity index (χ0) is 12.5. The average Bonchev–Trinajstić information content (AvgIpc) is 3.08. The highest BCUT2D eigenvalue weighted by molar-refractivity contribution is 5.80. The molecule has 0 unspecified atom stereocenters. The van der Waals surface area contributed by atoms with E-state index in [9.17, 15) is 9.59 Å². The van der Waals surface area contributed by atoms with Gasteiger partial charge in [-0.2, -0.15) is 0 Å². The summed E-state index contributed by atoms with van der Waals surface area (Å²) in [5.41, 5.74) is 5.06. The standard InChI is InChI=1S/C11H19N3O3/c12-8-1-5-14(6-2-8)10(17)13-7-11(3-4-11)9(15)16/h8H,1-7,12H2,(H,13,17)(H,15,16). The predicted octanol–water partition coefficient (Wildman–Crippen LogP) is -0.0161. The quantitative estimate of drug-likeness (QED) is 0.647. The number of aliphatic carboxylic acids is 1. The summed E-state index contributed by atoms with van der Waals surface area (Å²) in [6.45, 7) is 1.56. The van der Waals surface area contributed by atoms with Crippen molar-refractivity contribution in [1.29, 1.82) is 0 Å². The van der Waals surface area contributed by atoms with Gasteiger partial charge in [0.15, 0.2) is 0 Å². The van der Waals surface area contributed by atoms with Gasteiger partial charge in [-0.3, -0.25) is 4.79 Å². The number of hydrogen-bond acceptors (Lipinski definition) is 3. The van der Waals surface area contributed by atoms with Gasteiger partial charge in [-0.05, 0) is 25.7 Å². The maximum atomic E-state index is 11.8. The van der Waals surface area contributed by atoms with Gasteiger partial charge in [-0.1, -0.05) is 0 Å². The molecule has 17 heavy (non-hydrogen) atoms. The average molecular weight is 241 g/mol. The Hall–Kier alpha value is -1.30. The van der Waals surface area contributed by atoms with Crippen LogP contribution in [0.25, 0.3) is 0 Å². The smallest absolute Gasteiger partial charge is 0.317 e. The molecular weight excluding hydrogens is 222 g/mol. The fourth-order valence-electron chi connectivity index (χ4n) is 2.08. The topological polar surface area (TPSA) is 95.7 Å². The molecule has 1 saturated heterocycles. The highest BCUT2D eigenvalue weighted by Crippen LogP contribution is 2.45. The second kappa shape index (κ2) is 4.52. The first-order chi connectivity index (χ1) is 8.03. The maximum Gasteiger partial charge on any atom is 0.317 e. The van der Waals surface area contributed by atoms with Crippen molar-refractivity contribution in [2.45, 2.75) is 31.7 Å². The fourth-order valence-corrected chi connectivity index (χ4v) is 2.08. The number of likely N-dealkylation sites (tertiary alicyclic amines) is 1. The molecule has 1 aliphatic carbocycles. The lowest BCUT2D eigenvalue weighted by molar-refractivity contribution is -0.143. The van der Waals surface area contributed by atoms with Gasteiger partial charge >= 0.3 is 12.0 Å². The summed E-state index contributed by atoms with van der Waals surface area (Å²) in [5, 5.41) is 11.7. The molecule has 0 aromatic rings. The number of urea groups is 1. The Bertz CT molecular complexity index is 320. The van der Waals surface area contributed by atoms with Crippen molar-refractivity contribution < 1.29 is 14.7 Å². The van der Waals surface area contributed by atoms with Crippen LogP contribution < -0.4 is 11.1 Å². The van der Waals surface area contributed by atoms with Gasteiger partial charge in [0.1, 0.15) is 0 Å². The highest BCUT2D eigenvalue weighted by Gasteiger charge is 2.50. The van der Waals surface area contributed by atoms with E-state index in [1.807, 2.05) is 0 Å². The number of nitrogens with one attached hydrogen (secondary N) is 1. The molecule has 4 N–H and O–H groups in total. The summed E-state index contributed by atoms with van der Waals surface area (Å²) >= 11 is 0. The largest absolute Gasteiger partial charge is 0.481 e. The first-order valence-electron chi connectivity index (χ1n) is 6.05. The van der Waals surface area contributed by atoms with Crippen molar-refractivity contribution in [2.75, 3.05) is 19.6 Å². The Morgan fingerprint density at radius 1 is 1.35 bits per heavy atom. The summed E-state index contributed by atoms with van der Waals surface area (Å²) < 4.78 is 0. The molecule has 0 bridgehead atoms. The molecule has 1 heterocycles. The van der Waals surface area contributed by atoms with Crippen LogP contribution in [0.15, 0.2) is 0 Å². The van der Waals surface area contributed by atoms with E-state index in [1.165, 1.54) is 0 Å². The number of rotatable bonds is 3. The number of carboxylic acid groups (broad SMARTS) is 1. The van der Waals surface area contributed by atoms with E-state index in [4.69, 9.17) is 10.8 Å². The van der Waals surface area contributed by atoms with E-state index >= 15 is 0 Å². The van der Waals surface area contributed by atoms with Crippen LogP contribution >= 0.6 is 0 Å². The second-order valence-corrected chi connectivity index (χ2v) is 5.07. The second-order valence-electron chi connectivity index (χ2n) is 5.07. The fraction of sp³-hybridized carbons (Fsp3) is 0.818. The molecule has 2 aliphatic rings. The summed E-state index contributed by atoms with van der Waals surface area (Å²) in [6.07, 6.45) is 2.95. The minimum Gasteiger partial charge on any atom is -0.481 e. The lowest BCUT2D eigenvalue weighted by atomic mass is 10.1. The predicted molar refractivity (Wildman–Crippen MR) is 61.5 cm³/mol. The number of piperidine rings is 1. The molecule has 0 radical (unpaired) electrons. The molecule has 1 aliphatic heterocycles. The summed E-state index contributed by atoms with van der Waals surface area (Å²) in [4.78, 5) is 24.4. The molecule has 0 atom stereocenters. The summed E-state index contributed by atoms with van der Waals surface area (Å²) in [5.74, 6) is -0.807. The Kier molecular flexibility index (Phi) is 3.24. The molecule has 96 valence electrons. The van der Waals surface area contributed by atoms with Gasteiger partial charge < -0.3 is 21.1 Å². The van der Waals surface area contributed by atoms with Crippen LogP contribution in [0.1, 0.15) is 25.7 Å². The van der Waals surface area contributed by atoms with E-state index in [0.29, 0.717) is 25.9 Å². The Balaban J connectivity index is 1.76. The number of hydrogen-bond donors (Lipinski definition) is 3. The number of carbonyl (C=O) groups excluding carboxylic acids is 1. The first kappa shape index (κ1) is 12.2. The summed E-state index contributed by atoms with van der Waals surface area (Å²) in [6, 6.07) is 0.0252. The van der Waals surface area contributed by atoms with Crippen molar-refractivity contribution in [1.82, 2.24) is 10.2 Å². The molecule has 2 rings (SSSR count). The number of carboxylic acids is 1. The first-order valence-corrected chi connectivity index (χ1v) is 6.05. The minimum absolute atomic E-state index is 0.163. The SMILES string of the molecule is NC1CCN(C(=O)NCC2(C(=O)O)CC2)CC1. The lowest BCUT2D eigenvalue weighted by Crippen LogP contribution is -2.48. The van der Waals surface area contributed by atoms with Gasteiger partial charge in [0.05, 0.1) is 5.41 Å². The Morgan fingerprint density at radius 3 is 2.41 bits per heavy atom. The molecule has 0 aromatic carbocycles. The van der Waals surface area contributed by atoms with Gasteiger partial charge in [-0.15, -0.1) is 0 Å². The van der Waals surface area contributed by atoms with E-state index in [2.05, 4.69) is 5.32 Å². The third-order valence-corrected chi connectivity index (χ3v) is 3.71. The van der Waals surface area contributed by atoms with Gasteiger partial charge in [0, 0.05) is 25.7 Å². The molecule has 0 aromatic heterocycles. The summed E-state index contributed by atoms with van der Waals surface area (Å²) in [7, 11) is 0. The molecule has 6 heteroatoms. The third kappa shape index (κ3) is 2.69. The van der Waals surface area contributed by atoms with Crippen LogP contribution in [0.4, 0.5) is 4.79 Å². The highest BCUT2D eigenvalue weighted by atomic mass is 16.4. The zero-order valence-corrected chi connectivity index (χ0v) is 9.82. The van der Waals surface area contributed by atoms with E-state index in [1.54, 1.807) is 4.90 Å². The number of nitrogens with two attached hydrogens (primary N) is 1. The molecule has 1 saturated carbocycles. The van der Waals surface area contributed by atoms with Crippen molar-refractivity contribution >= 4 is 12.0 Å². The Morgan fingerprint density at radius 2 is 1.94 bits per heavy atom. The lowest BCUT2D eigenvalue weighted by Gasteiger charge is -2.30. The maximum absolute atomic E-state index is 11.8. The Labute approximate surface area is 100 Å². The van der Waals surface area contributed by atoms with Crippen molar-refractivity contribution in [3.63, 3.8) is 0 Å². The van der Waals surface area contributed by atoms with E-state index in [-0.39, 0.29) is 18.6 Å². The molecule has 2 fully saturated rings. The minimum atomic E-state index is -0.807. The van der Waals surface area contributed by atoms with Crippen LogP contribution in [-0.2, 0) is 4.79 Å². The molecule has 0 spiro atoms. The molecule has 6 nitrogen and oxygen atoms in total. The van der Waals surface area contributed by atoms with Crippen LogP contribution in [0, 0.1) is 5.41 Å². The monoisotopic (exact) mass is 241 g/mol. The zero-order valence-electron chi connectivity index (χ0n) is 9.82. The van der Waals surface area contributed by atoms with Gasteiger partial charge in [0.2, 0.25) is 0 Å². The van der Waals surface area contributed by atoms with Crippen molar-refractivity contribution in [3.05, 3.63) is 0 Å². The van der Waals surface area contributed by atoms with Gasteiger partial charge in [0.25, 0.3) is 0 Å². The van der Waals surface area contributed by atoms with E-state index < -0.39 is 11.4 Å². The van der Waals surface area contributed by atoms with Crippen molar-refractivity contribution in [3.8, 4) is 0 Å². The molecular formula is C11H19N3O3. The van der Waals surface area contributed by atoms with Crippen LogP contribution in [0.3, 0.4) is 0 Å². The van der Waals surface area contributed by atoms with Crippen LogP contribution in [0.2, 0.25) is 0 Å². The number of nitrogens with zero attached hydrogens (tertiary/aromatic N) is 1. The number of carbonyl (C=O) groups is 2. The van der Waals surface area contributed by atoms with Crippen LogP contribution in [-0.4, -0.2) is 47.7 Å². The van der Waals surface area contributed by atoms with Crippen LogP contribution in [0.5, 0.6) is 0 Å². The molecule has 2 amide bonds. The van der Waals surface area contributed by atoms with Gasteiger partial charge in [-0.25, -0.2) is 4.79 Å². The van der Waals surface area contributed by atoms with Crippen molar-refractivity contribution in [2.24, 2.45) is 11.1 Å².